The Morgan fingerprint density at radius 3 is 2.43 bits per heavy atom. The van der Waals surface area contributed by atoms with Gasteiger partial charge in [0.25, 0.3) is 0 Å². The first-order valence-corrected chi connectivity index (χ1v) is 9.20. The van der Waals surface area contributed by atoms with Crippen LogP contribution in [0.15, 0.2) is 41.0 Å². The number of pyridine rings is 1. The minimum absolute atomic E-state index is 0.0491. The Bertz CT molecular complexity index is 819. The number of aromatic nitrogens is 1. The van der Waals surface area contributed by atoms with Gasteiger partial charge in [0.1, 0.15) is 11.4 Å². The molecule has 9 heteroatoms. The second-order valence-electron chi connectivity index (χ2n) is 6.93. The molecule has 0 aliphatic heterocycles. The molecule has 0 atom stereocenters. The third-order valence-corrected chi connectivity index (χ3v) is 3.98. The number of alkyl carbamates (subject to hydrolysis) is 1. The highest BCUT2D eigenvalue weighted by molar-refractivity contribution is 9.10. The van der Waals surface area contributed by atoms with Gasteiger partial charge in [-0.05, 0) is 66.9 Å². The summed E-state index contributed by atoms with van der Waals surface area (Å²) >= 11 is 3.37. The first-order valence-electron chi connectivity index (χ1n) is 8.40. The summed E-state index contributed by atoms with van der Waals surface area (Å²) in [6.45, 7) is 5.75. The molecule has 0 saturated heterocycles. The number of rotatable bonds is 5. The molecule has 0 unspecified atom stereocenters. The van der Waals surface area contributed by atoms with Gasteiger partial charge in [-0.15, -0.1) is 0 Å². The van der Waals surface area contributed by atoms with Crippen LogP contribution in [0.1, 0.15) is 31.9 Å². The van der Waals surface area contributed by atoms with Crippen LogP contribution in [0.5, 0.6) is 11.6 Å². The summed E-state index contributed by atoms with van der Waals surface area (Å²) in [6.07, 6.45) is -3.64. The minimum atomic E-state index is -4.44. The maximum absolute atomic E-state index is 12.6. The highest BCUT2D eigenvalue weighted by Gasteiger charge is 2.30. The number of hydrogen-bond donors (Lipinski definition) is 1. The smallest absolute Gasteiger partial charge is 0.417 e. The minimum Gasteiger partial charge on any atom is -0.444 e. The van der Waals surface area contributed by atoms with Crippen molar-refractivity contribution >= 4 is 22.0 Å². The number of carbonyl (C=O) groups excluding carboxylic acids is 1. The fraction of sp³-hybridized carbons (Fsp3) is 0.368. The van der Waals surface area contributed by atoms with Crippen LogP contribution in [0.25, 0.3) is 0 Å². The molecule has 0 aliphatic carbocycles. The van der Waals surface area contributed by atoms with Crippen molar-refractivity contribution in [2.45, 2.75) is 39.0 Å². The Labute approximate surface area is 169 Å². The van der Waals surface area contributed by atoms with E-state index in [1.807, 2.05) is 0 Å². The first kappa shape index (κ1) is 22.0. The molecule has 0 fully saturated rings. The largest absolute Gasteiger partial charge is 0.444 e. The first-order chi connectivity index (χ1) is 12.9. The molecule has 1 aromatic carbocycles. The molecule has 1 heterocycles. The molecule has 28 heavy (non-hydrogen) atoms. The van der Waals surface area contributed by atoms with Gasteiger partial charge in [-0.3, -0.25) is 0 Å². The van der Waals surface area contributed by atoms with Crippen LogP contribution in [0, 0.1) is 0 Å². The standard InChI is InChI=1S/C19H20BrF3N2O3/c1-18(2,3)28-17(26)24-9-8-12-4-6-15(14(20)10-12)27-16-7-5-13(11-25-16)19(21,22)23/h4-7,10-11H,8-9H2,1-3H3,(H,24,26). The van der Waals surface area contributed by atoms with E-state index in [9.17, 15) is 18.0 Å². The molecule has 2 rings (SSSR count). The van der Waals surface area contributed by atoms with Crippen LogP contribution in [-0.2, 0) is 17.3 Å². The molecular weight excluding hydrogens is 441 g/mol. The van der Waals surface area contributed by atoms with Crippen molar-refractivity contribution in [3.05, 3.63) is 52.1 Å². The quantitative estimate of drug-likeness (QED) is 0.619. The van der Waals surface area contributed by atoms with Crippen LogP contribution in [0.4, 0.5) is 18.0 Å². The van der Waals surface area contributed by atoms with Gasteiger partial charge in [0, 0.05) is 18.8 Å². The Kier molecular flexibility index (Phi) is 6.92. The Morgan fingerprint density at radius 1 is 1.18 bits per heavy atom. The Hall–Kier alpha value is -2.29. The molecule has 0 radical (unpaired) electrons. The number of hydrogen-bond acceptors (Lipinski definition) is 4. The molecule has 1 amide bonds. The van der Waals surface area contributed by atoms with Crippen molar-refractivity contribution in [2.75, 3.05) is 6.54 Å². The molecule has 0 saturated carbocycles. The third kappa shape index (κ3) is 7.03. The molecule has 152 valence electrons. The number of alkyl halides is 3. The van der Waals surface area contributed by atoms with E-state index in [4.69, 9.17) is 9.47 Å². The normalized spacial score (nSPS) is 11.8. The summed E-state index contributed by atoms with van der Waals surface area (Å²) in [5, 5.41) is 2.67. The zero-order valence-corrected chi connectivity index (χ0v) is 17.1. The summed E-state index contributed by atoms with van der Waals surface area (Å²) in [6, 6.07) is 7.34. The van der Waals surface area contributed by atoms with Crippen LogP contribution in [0.2, 0.25) is 0 Å². The average molecular weight is 461 g/mol. The Balaban J connectivity index is 1.92. The van der Waals surface area contributed by atoms with E-state index in [2.05, 4.69) is 26.2 Å². The van der Waals surface area contributed by atoms with E-state index in [1.54, 1.807) is 39.0 Å². The molecule has 2 aromatic rings. The van der Waals surface area contributed by atoms with E-state index >= 15 is 0 Å². The van der Waals surface area contributed by atoms with Crippen LogP contribution >= 0.6 is 15.9 Å². The predicted molar refractivity (Wildman–Crippen MR) is 101 cm³/mol. The molecule has 0 aliphatic rings. The lowest BCUT2D eigenvalue weighted by molar-refractivity contribution is -0.137. The summed E-state index contributed by atoms with van der Waals surface area (Å²) in [7, 11) is 0. The number of nitrogens with one attached hydrogen (secondary N) is 1. The summed E-state index contributed by atoms with van der Waals surface area (Å²) in [4.78, 5) is 15.3. The van der Waals surface area contributed by atoms with Gasteiger partial charge in [0.2, 0.25) is 5.88 Å². The average Bonchev–Trinajstić information content (AvgIpc) is 2.55. The zero-order valence-electron chi connectivity index (χ0n) is 15.6. The van der Waals surface area contributed by atoms with Crippen LogP contribution in [-0.4, -0.2) is 23.2 Å². The van der Waals surface area contributed by atoms with Crippen molar-refractivity contribution in [3.8, 4) is 11.6 Å². The van der Waals surface area contributed by atoms with Crippen molar-refractivity contribution < 1.29 is 27.4 Å². The monoisotopic (exact) mass is 460 g/mol. The number of halogens is 4. The maximum atomic E-state index is 12.6. The van der Waals surface area contributed by atoms with Gasteiger partial charge < -0.3 is 14.8 Å². The van der Waals surface area contributed by atoms with E-state index in [1.165, 1.54) is 0 Å². The SMILES string of the molecule is CC(C)(C)OC(=O)NCCc1ccc(Oc2ccc(C(F)(F)F)cn2)c(Br)c1. The molecule has 5 nitrogen and oxygen atoms in total. The molecule has 0 bridgehead atoms. The summed E-state index contributed by atoms with van der Waals surface area (Å²) < 4.78 is 49.0. The molecular formula is C19H20BrF3N2O3. The van der Waals surface area contributed by atoms with E-state index in [-0.39, 0.29) is 5.88 Å². The number of nitrogens with zero attached hydrogens (tertiary/aromatic N) is 1. The third-order valence-electron chi connectivity index (χ3n) is 3.36. The number of ether oxygens (including phenoxy) is 2. The summed E-state index contributed by atoms with van der Waals surface area (Å²) in [5.74, 6) is 0.462. The van der Waals surface area contributed by atoms with Gasteiger partial charge in [-0.1, -0.05) is 6.07 Å². The zero-order chi connectivity index (χ0) is 20.9. The van der Waals surface area contributed by atoms with Crippen molar-refractivity contribution in [3.63, 3.8) is 0 Å². The fourth-order valence-electron chi connectivity index (χ4n) is 2.13. The maximum Gasteiger partial charge on any atom is 0.417 e. The van der Waals surface area contributed by atoms with Gasteiger partial charge in [0.05, 0.1) is 10.0 Å². The second-order valence-corrected chi connectivity index (χ2v) is 7.78. The molecule has 1 aromatic heterocycles. The van der Waals surface area contributed by atoms with Gasteiger partial charge in [-0.25, -0.2) is 9.78 Å². The van der Waals surface area contributed by atoms with Crippen molar-refractivity contribution in [2.24, 2.45) is 0 Å². The number of benzene rings is 1. The predicted octanol–water partition coefficient (Wildman–Crippen LogP) is 5.72. The van der Waals surface area contributed by atoms with E-state index < -0.39 is 23.4 Å². The van der Waals surface area contributed by atoms with Crippen molar-refractivity contribution in [1.29, 1.82) is 0 Å². The number of carbonyl (C=O) groups is 1. The summed E-state index contributed by atoms with van der Waals surface area (Å²) in [5.41, 5.74) is -0.472. The Morgan fingerprint density at radius 2 is 1.89 bits per heavy atom. The number of amides is 1. The topological polar surface area (TPSA) is 60.5 Å². The van der Waals surface area contributed by atoms with Gasteiger partial charge in [0.15, 0.2) is 0 Å². The second kappa shape index (κ2) is 8.81. The molecule has 1 N–H and O–H groups in total. The van der Waals surface area contributed by atoms with Gasteiger partial charge in [-0.2, -0.15) is 13.2 Å². The lowest BCUT2D eigenvalue weighted by Gasteiger charge is -2.19. The lowest BCUT2D eigenvalue weighted by Crippen LogP contribution is -2.33. The molecule has 0 spiro atoms. The highest BCUT2D eigenvalue weighted by Crippen LogP contribution is 2.32. The van der Waals surface area contributed by atoms with Crippen LogP contribution < -0.4 is 10.1 Å². The van der Waals surface area contributed by atoms with Crippen LogP contribution in [0.3, 0.4) is 0 Å². The lowest BCUT2D eigenvalue weighted by atomic mass is 10.1. The van der Waals surface area contributed by atoms with Crippen molar-refractivity contribution in [1.82, 2.24) is 10.3 Å². The highest BCUT2D eigenvalue weighted by atomic mass is 79.9. The van der Waals surface area contributed by atoms with E-state index in [0.29, 0.717) is 23.2 Å². The fourth-order valence-corrected chi connectivity index (χ4v) is 2.63. The van der Waals surface area contributed by atoms with Gasteiger partial charge >= 0.3 is 12.3 Å². The van der Waals surface area contributed by atoms with E-state index in [0.717, 1.165) is 23.9 Å².